The number of aliphatic hydroxyl groups is 1. The predicted octanol–water partition coefficient (Wildman–Crippen LogP) is 2.07. The van der Waals surface area contributed by atoms with Crippen molar-refractivity contribution >= 4 is 23.2 Å². The molecule has 3 N–H and O–H groups in total. The molecule has 1 saturated carbocycles. The highest BCUT2D eigenvalue weighted by atomic mass is 32.1. The molecule has 0 saturated heterocycles. The Bertz CT molecular complexity index is 468. The molecule has 6 heteroatoms. The van der Waals surface area contributed by atoms with Gasteiger partial charge < -0.3 is 15.7 Å². The number of rotatable bonds is 5. The van der Waals surface area contributed by atoms with Crippen molar-refractivity contribution in [2.75, 3.05) is 6.61 Å². The van der Waals surface area contributed by atoms with Crippen molar-refractivity contribution in [2.24, 2.45) is 0 Å². The summed E-state index contributed by atoms with van der Waals surface area (Å²) in [7, 11) is 0. The lowest BCUT2D eigenvalue weighted by Gasteiger charge is -2.24. The molecule has 1 fully saturated rings. The third-order valence-corrected chi connectivity index (χ3v) is 4.87. The Morgan fingerprint density at radius 1 is 1.23 bits per heavy atom. The Labute approximate surface area is 135 Å². The van der Waals surface area contributed by atoms with Gasteiger partial charge in [-0.15, -0.1) is 11.3 Å². The minimum absolute atomic E-state index is 0.153. The first-order chi connectivity index (χ1) is 10.7. The molecule has 1 aromatic heterocycles. The lowest BCUT2D eigenvalue weighted by atomic mass is 9.96. The maximum atomic E-state index is 12.3. The standard InChI is InChI=1S/C16H24N2O3S/c19-11-13(18-16(21)14-9-6-10-22-14)15(20)17-12-7-4-2-1-3-5-8-12/h6,9-10,12-13,19H,1-5,7-8,11H2,(H,17,20)(H,18,21). The SMILES string of the molecule is O=C(NC(CO)C(=O)NC1CCCCCCC1)c1cccs1. The number of aliphatic hydroxyl groups excluding tert-OH is 1. The average molecular weight is 324 g/mol. The molecule has 1 aromatic rings. The van der Waals surface area contributed by atoms with Gasteiger partial charge in [0.05, 0.1) is 11.5 Å². The molecule has 1 aliphatic rings. The van der Waals surface area contributed by atoms with Crippen LogP contribution < -0.4 is 10.6 Å². The molecule has 2 amide bonds. The zero-order valence-electron chi connectivity index (χ0n) is 12.7. The zero-order valence-corrected chi connectivity index (χ0v) is 13.5. The quantitative estimate of drug-likeness (QED) is 0.776. The van der Waals surface area contributed by atoms with Crippen LogP contribution in [0.5, 0.6) is 0 Å². The molecule has 1 atom stereocenters. The van der Waals surface area contributed by atoms with Crippen molar-refractivity contribution in [1.82, 2.24) is 10.6 Å². The van der Waals surface area contributed by atoms with Crippen LogP contribution in [-0.4, -0.2) is 35.6 Å². The highest BCUT2D eigenvalue weighted by molar-refractivity contribution is 7.12. The maximum absolute atomic E-state index is 12.3. The fraction of sp³-hybridized carbons (Fsp3) is 0.625. The van der Waals surface area contributed by atoms with Crippen molar-refractivity contribution in [3.63, 3.8) is 0 Å². The van der Waals surface area contributed by atoms with E-state index in [2.05, 4.69) is 10.6 Å². The zero-order chi connectivity index (χ0) is 15.8. The minimum Gasteiger partial charge on any atom is -0.394 e. The largest absolute Gasteiger partial charge is 0.394 e. The summed E-state index contributed by atoms with van der Waals surface area (Å²) in [6.07, 6.45) is 7.89. The number of carbonyl (C=O) groups is 2. The second kappa shape index (κ2) is 8.90. The van der Waals surface area contributed by atoms with Gasteiger partial charge in [0.2, 0.25) is 5.91 Å². The predicted molar refractivity (Wildman–Crippen MR) is 86.9 cm³/mol. The average Bonchev–Trinajstić information content (AvgIpc) is 3.01. The number of amides is 2. The Balaban J connectivity index is 1.86. The Kier molecular flexibility index (Phi) is 6.86. The normalized spacial score (nSPS) is 18.0. The first kappa shape index (κ1) is 17.0. The fourth-order valence-electron chi connectivity index (χ4n) is 2.73. The molecular formula is C16H24N2O3S. The number of hydrogen-bond acceptors (Lipinski definition) is 4. The maximum Gasteiger partial charge on any atom is 0.262 e. The Hall–Kier alpha value is -1.40. The van der Waals surface area contributed by atoms with E-state index in [1.54, 1.807) is 17.5 Å². The van der Waals surface area contributed by atoms with E-state index < -0.39 is 12.6 Å². The topological polar surface area (TPSA) is 78.4 Å². The summed E-state index contributed by atoms with van der Waals surface area (Å²) in [5.41, 5.74) is 0. The summed E-state index contributed by atoms with van der Waals surface area (Å²) in [6.45, 7) is -0.393. The minimum atomic E-state index is -0.889. The van der Waals surface area contributed by atoms with Crippen molar-refractivity contribution in [1.29, 1.82) is 0 Å². The number of hydrogen-bond donors (Lipinski definition) is 3. The molecule has 0 aliphatic heterocycles. The van der Waals surface area contributed by atoms with Crippen LogP contribution in [-0.2, 0) is 4.79 Å². The Morgan fingerprint density at radius 2 is 1.91 bits per heavy atom. The van der Waals surface area contributed by atoms with E-state index in [-0.39, 0.29) is 17.9 Å². The van der Waals surface area contributed by atoms with E-state index in [1.807, 2.05) is 0 Å². The van der Waals surface area contributed by atoms with Gasteiger partial charge in [-0.1, -0.05) is 38.2 Å². The number of nitrogens with one attached hydrogen (secondary N) is 2. The summed E-state index contributed by atoms with van der Waals surface area (Å²) >= 11 is 1.31. The van der Waals surface area contributed by atoms with Gasteiger partial charge in [0.15, 0.2) is 0 Å². The summed E-state index contributed by atoms with van der Waals surface area (Å²) in [6, 6.07) is 2.74. The lowest BCUT2D eigenvalue weighted by molar-refractivity contribution is -0.124. The summed E-state index contributed by atoms with van der Waals surface area (Å²) in [5.74, 6) is -0.611. The molecule has 5 nitrogen and oxygen atoms in total. The van der Waals surface area contributed by atoms with Crippen molar-refractivity contribution in [3.05, 3.63) is 22.4 Å². The van der Waals surface area contributed by atoms with Crippen LogP contribution in [0.15, 0.2) is 17.5 Å². The second-order valence-corrected chi connectivity index (χ2v) is 6.68. The Morgan fingerprint density at radius 3 is 2.50 bits per heavy atom. The van der Waals surface area contributed by atoms with Crippen LogP contribution in [0, 0.1) is 0 Å². The van der Waals surface area contributed by atoms with E-state index in [1.165, 1.54) is 30.6 Å². The highest BCUT2D eigenvalue weighted by Crippen LogP contribution is 2.17. The molecule has 22 heavy (non-hydrogen) atoms. The van der Waals surface area contributed by atoms with Gasteiger partial charge in [-0.3, -0.25) is 9.59 Å². The van der Waals surface area contributed by atoms with Crippen LogP contribution >= 0.6 is 11.3 Å². The smallest absolute Gasteiger partial charge is 0.262 e. The fourth-order valence-corrected chi connectivity index (χ4v) is 3.36. The van der Waals surface area contributed by atoms with Crippen molar-refractivity contribution < 1.29 is 14.7 Å². The van der Waals surface area contributed by atoms with E-state index in [0.717, 1.165) is 25.7 Å². The second-order valence-electron chi connectivity index (χ2n) is 5.74. The van der Waals surface area contributed by atoms with E-state index in [0.29, 0.717) is 4.88 Å². The summed E-state index contributed by atoms with van der Waals surface area (Å²) in [5, 5.41) is 16.8. The van der Waals surface area contributed by atoms with Gasteiger partial charge in [0.25, 0.3) is 5.91 Å². The molecule has 1 unspecified atom stereocenters. The van der Waals surface area contributed by atoms with Gasteiger partial charge in [0, 0.05) is 6.04 Å². The van der Waals surface area contributed by atoms with E-state index >= 15 is 0 Å². The van der Waals surface area contributed by atoms with Crippen LogP contribution in [0.2, 0.25) is 0 Å². The molecular weight excluding hydrogens is 300 g/mol. The van der Waals surface area contributed by atoms with Gasteiger partial charge in [-0.25, -0.2) is 0 Å². The number of thiophene rings is 1. The van der Waals surface area contributed by atoms with Gasteiger partial charge in [-0.05, 0) is 24.3 Å². The molecule has 1 aliphatic carbocycles. The van der Waals surface area contributed by atoms with Gasteiger partial charge in [0.1, 0.15) is 6.04 Å². The summed E-state index contributed by atoms with van der Waals surface area (Å²) < 4.78 is 0. The van der Waals surface area contributed by atoms with Crippen molar-refractivity contribution in [2.45, 2.75) is 57.0 Å². The van der Waals surface area contributed by atoms with E-state index in [9.17, 15) is 14.7 Å². The van der Waals surface area contributed by atoms with Gasteiger partial charge in [-0.2, -0.15) is 0 Å². The first-order valence-corrected chi connectivity index (χ1v) is 8.84. The molecule has 0 bridgehead atoms. The molecule has 2 rings (SSSR count). The number of carbonyl (C=O) groups excluding carboxylic acids is 2. The van der Waals surface area contributed by atoms with Crippen molar-refractivity contribution in [3.8, 4) is 0 Å². The van der Waals surface area contributed by atoms with Crippen LogP contribution in [0.4, 0.5) is 0 Å². The molecule has 0 spiro atoms. The summed E-state index contributed by atoms with van der Waals surface area (Å²) in [4.78, 5) is 24.8. The van der Waals surface area contributed by atoms with Crippen LogP contribution in [0.3, 0.4) is 0 Å². The molecule has 0 aromatic carbocycles. The van der Waals surface area contributed by atoms with Crippen LogP contribution in [0.25, 0.3) is 0 Å². The molecule has 122 valence electrons. The van der Waals surface area contributed by atoms with Gasteiger partial charge >= 0.3 is 0 Å². The first-order valence-electron chi connectivity index (χ1n) is 7.96. The monoisotopic (exact) mass is 324 g/mol. The molecule has 0 radical (unpaired) electrons. The molecule has 1 heterocycles. The third-order valence-electron chi connectivity index (χ3n) is 4.00. The highest BCUT2D eigenvalue weighted by Gasteiger charge is 2.23. The lowest BCUT2D eigenvalue weighted by Crippen LogP contribution is -2.51. The third kappa shape index (κ3) is 5.10. The van der Waals surface area contributed by atoms with Crippen LogP contribution in [0.1, 0.15) is 54.6 Å². The van der Waals surface area contributed by atoms with E-state index in [4.69, 9.17) is 0 Å².